The zero-order chi connectivity index (χ0) is 31.6. The molecule has 0 radical (unpaired) electrons. The molecule has 0 atom stereocenters. The van der Waals surface area contributed by atoms with Gasteiger partial charge in [-0.2, -0.15) is 4.98 Å². The van der Waals surface area contributed by atoms with Crippen LogP contribution in [-0.2, 0) is 11.3 Å². The summed E-state index contributed by atoms with van der Waals surface area (Å²) >= 11 is 12.4. The minimum absolute atomic E-state index is 0.126. The maximum Gasteiger partial charge on any atom is 0.224 e. The molecule has 4 aromatic rings. The first-order chi connectivity index (χ1) is 21.9. The number of likely N-dealkylation sites (N-methyl/N-ethyl adjacent to an activating group) is 2. The molecule has 0 saturated carbocycles. The van der Waals surface area contributed by atoms with Crippen LogP contribution in [-0.4, -0.2) is 116 Å². The zero-order valence-electron chi connectivity index (χ0n) is 26.5. The van der Waals surface area contributed by atoms with Crippen LogP contribution in [0.4, 0.5) is 0 Å². The van der Waals surface area contributed by atoms with Gasteiger partial charge in [-0.15, -0.1) is 0 Å². The van der Waals surface area contributed by atoms with Gasteiger partial charge in [0.1, 0.15) is 12.4 Å². The molecule has 0 spiro atoms. The highest BCUT2D eigenvalue weighted by Gasteiger charge is 2.27. The van der Waals surface area contributed by atoms with Gasteiger partial charge in [0.05, 0.1) is 36.7 Å². The molecular weight excluding hydrogens is 607 g/mol. The molecule has 1 aliphatic heterocycles. The smallest absolute Gasteiger partial charge is 0.224 e. The molecule has 0 N–H and O–H groups in total. The molecule has 0 amide bonds. The van der Waals surface area contributed by atoms with Crippen molar-refractivity contribution in [3.8, 4) is 5.88 Å². The molecule has 0 bridgehead atoms. The van der Waals surface area contributed by atoms with Crippen molar-refractivity contribution in [2.45, 2.75) is 12.6 Å². The summed E-state index contributed by atoms with van der Waals surface area (Å²) in [4.78, 5) is 19.1. The molecule has 1 fully saturated rings. The van der Waals surface area contributed by atoms with E-state index in [1.54, 1.807) is 0 Å². The van der Waals surface area contributed by atoms with E-state index in [4.69, 9.17) is 42.6 Å². The Morgan fingerprint density at radius 3 is 1.98 bits per heavy atom. The molecule has 1 saturated heterocycles. The summed E-state index contributed by atoms with van der Waals surface area (Å²) in [6, 6.07) is 24.6. The van der Waals surface area contributed by atoms with Gasteiger partial charge in [0.15, 0.2) is 0 Å². The standard InChI is InChI=1S/C35H44Cl2N6O2/c1-40(2)20-23-44-24-21-41(3)22-25-45-35-31-6-4-5-7-32(31)38-33(39-35)26-42-16-18-43(19-17-42)34(27-8-12-29(36)13-9-27)28-10-14-30(37)15-11-28/h4-15,34H,16-26H2,1-3H3. The zero-order valence-corrected chi connectivity index (χ0v) is 28.1. The van der Waals surface area contributed by atoms with Crippen molar-refractivity contribution in [3.63, 3.8) is 0 Å². The minimum atomic E-state index is 0.126. The summed E-state index contributed by atoms with van der Waals surface area (Å²) in [5.74, 6) is 1.43. The van der Waals surface area contributed by atoms with Crippen molar-refractivity contribution < 1.29 is 9.47 Å². The molecule has 240 valence electrons. The van der Waals surface area contributed by atoms with E-state index in [2.05, 4.69) is 65.0 Å². The lowest BCUT2D eigenvalue weighted by Gasteiger charge is -2.39. The SMILES string of the molecule is CN(C)CCOCCN(C)CCOc1nc(CN2CCN(C(c3ccc(Cl)cc3)c3ccc(Cl)cc3)CC2)nc2ccccc12. The molecule has 45 heavy (non-hydrogen) atoms. The van der Waals surface area contributed by atoms with E-state index in [0.29, 0.717) is 25.6 Å². The minimum Gasteiger partial charge on any atom is -0.476 e. The van der Waals surface area contributed by atoms with Gasteiger partial charge in [0.25, 0.3) is 0 Å². The molecule has 5 rings (SSSR count). The van der Waals surface area contributed by atoms with Crippen LogP contribution in [0, 0.1) is 0 Å². The number of hydrogen-bond acceptors (Lipinski definition) is 8. The van der Waals surface area contributed by atoms with Gasteiger partial charge in [-0.25, -0.2) is 4.98 Å². The van der Waals surface area contributed by atoms with E-state index < -0.39 is 0 Å². The molecule has 0 aliphatic carbocycles. The largest absolute Gasteiger partial charge is 0.476 e. The van der Waals surface area contributed by atoms with Crippen molar-refractivity contribution in [2.75, 3.05) is 86.8 Å². The third-order valence-corrected chi connectivity index (χ3v) is 8.64. The van der Waals surface area contributed by atoms with Crippen LogP contribution >= 0.6 is 23.2 Å². The highest BCUT2D eigenvalue weighted by Crippen LogP contribution is 2.31. The van der Waals surface area contributed by atoms with E-state index in [0.717, 1.165) is 79.2 Å². The number of nitrogens with zero attached hydrogens (tertiary/aromatic N) is 6. The number of piperazine rings is 1. The van der Waals surface area contributed by atoms with Crippen molar-refractivity contribution >= 4 is 34.1 Å². The van der Waals surface area contributed by atoms with Gasteiger partial charge in [-0.05, 0) is 68.7 Å². The summed E-state index contributed by atoms with van der Waals surface area (Å²) in [5, 5.41) is 2.42. The Morgan fingerprint density at radius 1 is 0.733 bits per heavy atom. The lowest BCUT2D eigenvalue weighted by molar-refractivity contribution is 0.0948. The summed E-state index contributed by atoms with van der Waals surface area (Å²) in [6.07, 6.45) is 0. The maximum atomic E-state index is 6.26. The number of para-hydroxylation sites is 1. The molecule has 1 aliphatic rings. The fourth-order valence-corrected chi connectivity index (χ4v) is 5.79. The van der Waals surface area contributed by atoms with Gasteiger partial charge in [0, 0.05) is 55.9 Å². The van der Waals surface area contributed by atoms with E-state index in [9.17, 15) is 0 Å². The van der Waals surface area contributed by atoms with Gasteiger partial charge in [-0.1, -0.05) is 59.6 Å². The number of ether oxygens (including phenoxy) is 2. The Morgan fingerprint density at radius 2 is 1.33 bits per heavy atom. The number of fused-ring (bicyclic) bond motifs is 1. The van der Waals surface area contributed by atoms with Crippen LogP contribution in [0.25, 0.3) is 10.9 Å². The van der Waals surface area contributed by atoms with Crippen LogP contribution in [0.2, 0.25) is 10.0 Å². The predicted molar refractivity (Wildman–Crippen MR) is 183 cm³/mol. The second-order valence-corrected chi connectivity index (χ2v) is 12.7. The van der Waals surface area contributed by atoms with Crippen LogP contribution < -0.4 is 4.74 Å². The fraction of sp³-hybridized carbons (Fsp3) is 0.429. The fourth-order valence-electron chi connectivity index (χ4n) is 5.54. The van der Waals surface area contributed by atoms with Crippen molar-refractivity contribution in [1.29, 1.82) is 0 Å². The average molecular weight is 652 g/mol. The summed E-state index contributed by atoms with van der Waals surface area (Å²) < 4.78 is 12.0. The van der Waals surface area contributed by atoms with E-state index in [1.807, 2.05) is 48.5 Å². The number of rotatable bonds is 15. The molecular formula is C35H44Cl2N6O2. The lowest BCUT2D eigenvalue weighted by atomic mass is 9.96. The van der Waals surface area contributed by atoms with Gasteiger partial charge >= 0.3 is 0 Å². The average Bonchev–Trinajstić information content (AvgIpc) is 3.03. The molecule has 10 heteroatoms. The Labute approximate surface area is 277 Å². The van der Waals surface area contributed by atoms with Gasteiger partial charge < -0.3 is 19.3 Å². The topological polar surface area (TPSA) is 57.2 Å². The number of halogens is 2. The van der Waals surface area contributed by atoms with Crippen molar-refractivity contribution in [2.24, 2.45) is 0 Å². The molecule has 1 aromatic heterocycles. The molecule has 8 nitrogen and oxygen atoms in total. The van der Waals surface area contributed by atoms with Crippen molar-refractivity contribution in [3.05, 3.63) is 99.8 Å². The van der Waals surface area contributed by atoms with E-state index in [1.165, 1.54) is 11.1 Å². The van der Waals surface area contributed by atoms with Crippen LogP contribution in [0.5, 0.6) is 5.88 Å². The summed E-state index contributed by atoms with van der Waals surface area (Å²) in [7, 11) is 6.20. The predicted octanol–water partition coefficient (Wildman–Crippen LogP) is 5.73. The van der Waals surface area contributed by atoms with E-state index >= 15 is 0 Å². The van der Waals surface area contributed by atoms with E-state index in [-0.39, 0.29) is 6.04 Å². The molecule has 0 unspecified atom stereocenters. The summed E-state index contributed by atoms with van der Waals surface area (Å²) in [5.41, 5.74) is 3.35. The normalized spacial score (nSPS) is 14.7. The first-order valence-electron chi connectivity index (χ1n) is 15.6. The first kappa shape index (κ1) is 33.5. The molecule has 3 aromatic carbocycles. The third kappa shape index (κ3) is 9.83. The second-order valence-electron chi connectivity index (χ2n) is 11.8. The van der Waals surface area contributed by atoms with Gasteiger partial charge in [-0.3, -0.25) is 9.80 Å². The maximum absolute atomic E-state index is 6.26. The number of aromatic nitrogens is 2. The van der Waals surface area contributed by atoms with Crippen molar-refractivity contribution in [1.82, 2.24) is 29.6 Å². The Balaban J connectivity index is 1.19. The lowest BCUT2D eigenvalue weighted by Crippen LogP contribution is -2.47. The van der Waals surface area contributed by atoms with Gasteiger partial charge in [0.2, 0.25) is 5.88 Å². The second kappa shape index (κ2) is 16.7. The van der Waals surface area contributed by atoms with Crippen LogP contribution in [0.15, 0.2) is 72.8 Å². The van der Waals surface area contributed by atoms with Crippen LogP contribution in [0.1, 0.15) is 23.0 Å². The third-order valence-electron chi connectivity index (χ3n) is 8.14. The quantitative estimate of drug-likeness (QED) is 0.151. The highest BCUT2D eigenvalue weighted by atomic mass is 35.5. The summed E-state index contributed by atoms with van der Waals surface area (Å²) in [6.45, 7) is 8.89. The molecule has 2 heterocycles. The Hall–Kier alpha value is -2.82. The van der Waals surface area contributed by atoms with Crippen LogP contribution in [0.3, 0.4) is 0 Å². The monoisotopic (exact) mass is 650 g/mol. The Kier molecular flexibility index (Phi) is 12.4. The number of benzene rings is 3. The highest BCUT2D eigenvalue weighted by molar-refractivity contribution is 6.30. The Bertz CT molecular complexity index is 1430. The number of hydrogen-bond donors (Lipinski definition) is 0. The first-order valence-corrected chi connectivity index (χ1v) is 16.4.